The van der Waals surface area contributed by atoms with Crippen molar-refractivity contribution < 1.29 is 27.8 Å². The average molecular weight is 498 g/mol. The van der Waals surface area contributed by atoms with Gasteiger partial charge in [0, 0.05) is 36.2 Å². The van der Waals surface area contributed by atoms with Crippen molar-refractivity contribution in [1.29, 1.82) is 0 Å². The second-order valence-corrected chi connectivity index (χ2v) is 8.52. The number of phenolic OH excluding ortho intramolecular Hbond substituents is 1. The Bertz CT molecular complexity index is 1400. The number of pyridine rings is 1. The summed E-state index contributed by atoms with van der Waals surface area (Å²) >= 11 is 0. The van der Waals surface area contributed by atoms with Crippen LogP contribution in [-0.2, 0) is 0 Å². The van der Waals surface area contributed by atoms with Gasteiger partial charge in [-0.1, -0.05) is 25.1 Å². The molecule has 0 unspecified atom stereocenters. The van der Waals surface area contributed by atoms with Crippen LogP contribution in [0.4, 0.5) is 18.9 Å². The van der Waals surface area contributed by atoms with Gasteiger partial charge in [0.15, 0.2) is 11.4 Å². The number of aryl methyl sites for hydroxylation is 1. The second kappa shape index (κ2) is 10.3. The summed E-state index contributed by atoms with van der Waals surface area (Å²) < 4.78 is 45.9. The van der Waals surface area contributed by atoms with E-state index in [-0.39, 0.29) is 18.1 Å². The molecule has 0 bridgehead atoms. The lowest BCUT2D eigenvalue weighted by molar-refractivity contribution is -0.131. The molecule has 0 saturated heterocycles. The number of hydrogen-bond donors (Lipinski definition) is 2. The number of aromatic hydroxyl groups is 1. The molecule has 0 aliphatic heterocycles. The Hall–Kier alpha value is -4.01. The highest BCUT2D eigenvalue weighted by atomic mass is 19.4. The van der Waals surface area contributed by atoms with E-state index in [2.05, 4.69) is 10.3 Å². The Morgan fingerprint density at radius 3 is 2.64 bits per heavy atom. The Kier molecular flexibility index (Phi) is 7.19. The van der Waals surface area contributed by atoms with E-state index >= 15 is 0 Å². The minimum atomic E-state index is -4.30. The molecule has 36 heavy (non-hydrogen) atoms. The number of aromatic nitrogens is 2. The first kappa shape index (κ1) is 25.1. The lowest BCUT2D eigenvalue weighted by atomic mass is 9.98. The lowest BCUT2D eigenvalue weighted by Crippen LogP contribution is -2.15. The van der Waals surface area contributed by atoms with Crippen molar-refractivity contribution in [1.82, 2.24) is 9.38 Å². The van der Waals surface area contributed by atoms with Crippen molar-refractivity contribution in [3.05, 3.63) is 72.1 Å². The molecule has 6 nitrogen and oxygen atoms in total. The maximum atomic E-state index is 12.7. The summed E-state index contributed by atoms with van der Waals surface area (Å²) in [5.41, 5.74) is 3.77. The minimum absolute atomic E-state index is 0.0219. The number of nitrogens with one attached hydrogen (secondary N) is 1. The first-order valence-corrected chi connectivity index (χ1v) is 11.6. The fourth-order valence-electron chi connectivity index (χ4n) is 3.98. The molecule has 0 radical (unpaired) electrons. The Labute approximate surface area is 206 Å². The van der Waals surface area contributed by atoms with E-state index in [1.807, 2.05) is 26.0 Å². The fourth-order valence-corrected chi connectivity index (χ4v) is 3.98. The summed E-state index contributed by atoms with van der Waals surface area (Å²) in [6.45, 7) is 3.50. The third kappa shape index (κ3) is 5.79. The van der Waals surface area contributed by atoms with E-state index in [1.54, 1.807) is 41.1 Å². The summed E-state index contributed by atoms with van der Waals surface area (Å²) in [7, 11) is 0. The molecule has 4 rings (SSSR count). The van der Waals surface area contributed by atoms with Crippen LogP contribution in [-0.4, -0.2) is 33.0 Å². The third-order valence-corrected chi connectivity index (χ3v) is 5.66. The zero-order valence-corrected chi connectivity index (χ0v) is 19.9. The Balaban J connectivity index is 1.75. The lowest BCUT2D eigenvalue weighted by Gasteiger charge is -2.14. The number of Topliss-reactive ketones (excluding diaryl/α,β-unsaturated/α-hetero) is 1. The number of phenols is 1. The maximum absolute atomic E-state index is 12.7. The predicted octanol–water partition coefficient (Wildman–Crippen LogP) is 7.15. The first-order valence-electron chi connectivity index (χ1n) is 11.6. The number of carbonyl (C=O) groups excluding carboxylic acids is 1. The molecule has 2 aromatic heterocycles. The highest BCUT2D eigenvalue weighted by Gasteiger charge is 2.26. The molecule has 0 aliphatic carbocycles. The second-order valence-electron chi connectivity index (χ2n) is 8.52. The first-order chi connectivity index (χ1) is 17.1. The monoisotopic (exact) mass is 497 g/mol. The van der Waals surface area contributed by atoms with Gasteiger partial charge in [-0.05, 0) is 37.1 Å². The molecule has 0 fully saturated rings. The number of imidazole rings is 1. The zero-order chi connectivity index (χ0) is 25.9. The number of halogens is 3. The SMILES string of the molecule is CCCC(=O)c1ccc(-c2cnc3c(NCCC(F)(F)F)cc(Oc4cccc(O)c4)cn23)cc1C. The summed E-state index contributed by atoms with van der Waals surface area (Å²) in [5, 5.41) is 12.6. The molecule has 0 spiro atoms. The summed E-state index contributed by atoms with van der Waals surface area (Å²) in [5.74, 6) is 0.812. The van der Waals surface area contributed by atoms with Gasteiger partial charge in [0.2, 0.25) is 0 Å². The zero-order valence-electron chi connectivity index (χ0n) is 19.9. The van der Waals surface area contributed by atoms with Crippen molar-refractivity contribution in [2.75, 3.05) is 11.9 Å². The summed E-state index contributed by atoms with van der Waals surface area (Å²) in [4.78, 5) is 16.8. The van der Waals surface area contributed by atoms with Crippen molar-refractivity contribution in [2.24, 2.45) is 0 Å². The summed E-state index contributed by atoms with van der Waals surface area (Å²) in [6, 6.07) is 13.3. The molecule has 4 aromatic rings. The molecular formula is C27H26F3N3O3. The number of ketones is 1. The fraction of sp³-hybridized carbons (Fsp3) is 0.259. The molecule has 188 valence electrons. The van der Waals surface area contributed by atoms with Crippen LogP contribution in [0, 0.1) is 6.92 Å². The molecule has 0 amide bonds. The number of hydrogen-bond acceptors (Lipinski definition) is 5. The predicted molar refractivity (Wildman–Crippen MR) is 132 cm³/mol. The molecule has 0 atom stereocenters. The number of benzene rings is 2. The van der Waals surface area contributed by atoms with Crippen LogP contribution in [0.3, 0.4) is 0 Å². The topological polar surface area (TPSA) is 75.9 Å². The molecule has 9 heteroatoms. The summed E-state index contributed by atoms with van der Waals surface area (Å²) in [6.07, 6.45) is -0.754. The van der Waals surface area contributed by atoms with E-state index < -0.39 is 12.6 Å². The van der Waals surface area contributed by atoms with Crippen molar-refractivity contribution in [2.45, 2.75) is 39.3 Å². The van der Waals surface area contributed by atoms with Gasteiger partial charge in [-0.15, -0.1) is 0 Å². The van der Waals surface area contributed by atoms with Crippen LogP contribution >= 0.6 is 0 Å². The number of fused-ring (bicyclic) bond motifs is 1. The van der Waals surface area contributed by atoms with Gasteiger partial charge in [0.05, 0.1) is 30.2 Å². The van der Waals surface area contributed by atoms with E-state index in [9.17, 15) is 23.1 Å². The average Bonchev–Trinajstić information content (AvgIpc) is 3.22. The number of carbonyl (C=O) groups is 1. The third-order valence-electron chi connectivity index (χ3n) is 5.66. The number of alkyl halides is 3. The quantitative estimate of drug-likeness (QED) is 0.240. The number of rotatable bonds is 9. The van der Waals surface area contributed by atoms with E-state index in [4.69, 9.17) is 4.74 Å². The number of ether oxygens (including phenoxy) is 1. The largest absolute Gasteiger partial charge is 0.508 e. The molecule has 0 saturated carbocycles. The normalized spacial score (nSPS) is 11.6. The number of anilines is 1. The van der Waals surface area contributed by atoms with E-state index in [1.165, 1.54) is 12.1 Å². The highest BCUT2D eigenvalue weighted by molar-refractivity contribution is 5.98. The smallest absolute Gasteiger partial charge is 0.390 e. The van der Waals surface area contributed by atoms with Crippen LogP contribution in [0.1, 0.15) is 42.1 Å². The van der Waals surface area contributed by atoms with Gasteiger partial charge >= 0.3 is 6.18 Å². The Morgan fingerprint density at radius 1 is 1.14 bits per heavy atom. The van der Waals surface area contributed by atoms with Crippen LogP contribution in [0.2, 0.25) is 0 Å². The van der Waals surface area contributed by atoms with Gasteiger partial charge in [-0.2, -0.15) is 13.2 Å². The van der Waals surface area contributed by atoms with E-state index in [0.29, 0.717) is 40.5 Å². The van der Waals surface area contributed by atoms with Crippen molar-refractivity contribution in [3.8, 4) is 28.5 Å². The maximum Gasteiger partial charge on any atom is 0.390 e. The minimum Gasteiger partial charge on any atom is -0.508 e. The molecule has 2 aromatic carbocycles. The van der Waals surface area contributed by atoms with Gasteiger partial charge in [0.25, 0.3) is 0 Å². The van der Waals surface area contributed by atoms with Crippen LogP contribution in [0.25, 0.3) is 16.9 Å². The van der Waals surface area contributed by atoms with Crippen molar-refractivity contribution in [3.63, 3.8) is 0 Å². The van der Waals surface area contributed by atoms with Crippen molar-refractivity contribution >= 4 is 17.1 Å². The highest BCUT2D eigenvalue weighted by Crippen LogP contribution is 2.33. The molecule has 2 N–H and O–H groups in total. The number of nitrogens with zero attached hydrogens (tertiary/aromatic N) is 2. The van der Waals surface area contributed by atoms with E-state index in [0.717, 1.165) is 17.5 Å². The van der Waals surface area contributed by atoms with Crippen LogP contribution in [0.5, 0.6) is 17.2 Å². The molecule has 2 heterocycles. The van der Waals surface area contributed by atoms with Crippen LogP contribution in [0.15, 0.2) is 60.9 Å². The molecule has 0 aliphatic rings. The van der Waals surface area contributed by atoms with Gasteiger partial charge in [-0.3, -0.25) is 9.20 Å². The van der Waals surface area contributed by atoms with Gasteiger partial charge < -0.3 is 15.2 Å². The standard InChI is InChI=1S/C27H26F3N3O3/c1-3-5-25(35)22-9-8-18(12-17(22)2)24-15-32-26-23(31-11-10-27(28,29)30)14-21(16-33(24)26)36-20-7-4-6-19(34)13-20/h4,6-9,12-16,31,34H,3,5,10-11H2,1-2H3. The van der Waals surface area contributed by atoms with Crippen LogP contribution < -0.4 is 10.1 Å². The van der Waals surface area contributed by atoms with Gasteiger partial charge in [-0.25, -0.2) is 4.98 Å². The Morgan fingerprint density at radius 2 is 1.94 bits per heavy atom. The molecular weight excluding hydrogens is 471 g/mol. The van der Waals surface area contributed by atoms with Gasteiger partial charge in [0.1, 0.15) is 17.2 Å².